The lowest BCUT2D eigenvalue weighted by atomic mass is 10.1. The number of para-hydroxylation sites is 1. The summed E-state index contributed by atoms with van der Waals surface area (Å²) in [4.78, 5) is 0. The Bertz CT molecular complexity index is 987. The highest BCUT2D eigenvalue weighted by atomic mass is 16.5. The van der Waals surface area contributed by atoms with Crippen LogP contribution in [0.5, 0.6) is 23.0 Å². The van der Waals surface area contributed by atoms with Crippen LogP contribution in [0.1, 0.15) is 22.3 Å². The third-order valence-corrected chi connectivity index (χ3v) is 5.10. The summed E-state index contributed by atoms with van der Waals surface area (Å²) >= 11 is 0. The molecule has 0 saturated carbocycles. The molecule has 0 aliphatic carbocycles. The number of methoxy groups -OCH3 is 3. The van der Waals surface area contributed by atoms with Gasteiger partial charge < -0.3 is 24.3 Å². The second-order valence-corrected chi connectivity index (χ2v) is 7.34. The lowest BCUT2D eigenvalue weighted by Gasteiger charge is -2.16. The van der Waals surface area contributed by atoms with E-state index in [2.05, 4.69) is 42.6 Å². The minimum absolute atomic E-state index is 0.501. The van der Waals surface area contributed by atoms with Crippen molar-refractivity contribution in [2.45, 2.75) is 26.5 Å². The summed E-state index contributed by atoms with van der Waals surface area (Å²) in [5.41, 5.74) is 4.61. The van der Waals surface area contributed by atoms with Gasteiger partial charge in [0, 0.05) is 12.1 Å². The number of nitrogens with one attached hydrogen (secondary N) is 1. The van der Waals surface area contributed by atoms with Crippen molar-refractivity contribution in [1.29, 1.82) is 0 Å². The van der Waals surface area contributed by atoms with Crippen molar-refractivity contribution in [3.63, 3.8) is 0 Å². The maximum Gasteiger partial charge on any atom is 0.166 e. The fourth-order valence-corrected chi connectivity index (χ4v) is 3.47. The molecule has 0 fully saturated rings. The van der Waals surface area contributed by atoms with Gasteiger partial charge in [0.1, 0.15) is 6.61 Å². The summed E-state index contributed by atoms with van der Waals surface area (Å²) in [6.45, 7) is 4.10. The van der Waals surface area contributed by atoms with Crippen molar-refractivity contribution in [2.75, 3.05) is 27.9 Å². The van der Waals surface area contributed by atoms with Gasteiger partial charge in [-0.05, 0) is 49.2 Å². The minimum Gasteiger partial charge on any atom is -0.493 e. The molecule has 0 spiro atoms. The first kappa shape index (κ1) is 22.5. The molecule has 3 aromatic rings. The molecule has 0 aliphatic heterocycles. The Morgan fingerprint density at radius 2 is 1.52 bits per heavy atom. The van der Waals surface area contributed by atoms with Crippen molar-refractivity contribution in [3.05, 3.63) is 82.9 Å². The van der Waals surface area contributed by atoms with Gasteiger partial charge in [-0.2, -0.15) is 0 Å². The topological polar surface area (TPSA) is 49.0 Å². The van der Waals surface area contributed by atoms with Crippen molar-refractivity contribution in [2.24, 2.45) is 0 Å². The van der Waals surface area contributed by atoms with Crippen molar-refractivity contribution >= 4 is 0 Å². The van der Waals surface area contributed by atoms with Gasteiger partial charge in [-0.25, -0.2) is 0 Å². The van der Waals surface area contributed by atoms with Crippen LogP contribution in [0.4, 0.5) is 0 Å². The minimum atomic E-state index is 0.501. The van der Waals surface area contributed by atoms with Crippen LogP contribution in [0.2, 0.25) is 0 Å². The van der Waals surface area contributed by atoms with E-state index >= 15 is 0 Å². The van der Waals surface area contributed by atoms with Crippen LogP contribution in [0, 0.1) is 6.92 Å². The molecule has 164 valence electrons. The van der Waals surface area contributed by atoms with Gasteiger partial charge in [0.25, 0.3) is 0 Å². The van der Waals surface area contributed by atoms with E-state index in [-0.39, 0.29) is 0 Å². The summed E-state index contributed by atoms with van der Waals surface area (Å²) in [5.74, 6) is 3.02. The molecule has 0 unspecified atom stereocenters. The number of benzene rings is 3. The lowest BCUT2D eigenvalue weighted by Crippen LogP contribution is -2.17. The molecule has 0 atom stereocenters. The zero-order valence-electron chi connectivity index (χ0n) is 18.7. The van der Waals surface area contributed by atoms with E-state index < -0.39 is 0 Å². The number of rotatable bonds is 11. The van der Waals surface area contributed by atoms with Gasteiger partial charge in [-0.3, -0.25) is 0 Å². The van der Waals surface area contributed by atoms with E-state index in [1.807, 2.05) is 30.3 Å². The predicted octanol–water partition coefficient (Wildman–Crippen LogP) is 4.93. The van der Waals surface area contributed by atoms with Gasteiger partial charge in [-0.1, -0.05) is 48.0 Å². The third kappa shape index (κ3) is 6.15. The number of aryl methyl sites for hydroxylation is 1. The zero-order chi connectivity index (χ0) is 22.1. The smallest absolute Gasteiger partial charge is 0.166 e. The van der Waals surface area contributed by atoms with Crippen LogP contribution < -0.4 is 24.3 Å². The second kappa shape index (κ2) is 11.3. The van der Waals surface area contributed by atoms with Crippen LogP contribution in [0.15, 0.2) is 60.7 Å². The van der Waals surface area contributed by atoms with Crippen LogP contribution in [-0.4, -0.2) is 27.9 Å². The number of hydrogen-bond donors (Lipinski definition) is 1. The average Bonchev–Trinajstić information content (AvgIpc) is 2.80. The highest BCUT2D eigenvalue weighted by Gasteiger charge is 2.11. The van der Waals surface area contributed by atoms with Gasteiger partial charge in [0.05, 0.1) is 21.3 Å². The second-order valence-electron chi connectivity index (χ2n) is 7.34. The van der Waals surface area contributed by atoms with Gasteiger partial charge in [-0.15, -0.1) is 0 Å². The van der Waals surface area contributed by atoms with E-state index in [1.165, 1.54) is 11.1 Å². The molecule has 31 heavy (non-hydrogen) atoms. The summed E-state index contributed by atoms with van der Waals surface area (Å²) in [6.07, 6.45) is 0.879. The van der Waals surface area contributed by atoms with E-state index in [4.69, 9.17) is 18.9 Å². The van der Waals surface area contributed by atoms with E-state index in [0.717, 1.165) is 47.1 Å². The largest absolute Gasteiger partial charge is 0.493 e. The maximum atomic E-state index is 6.18. The standard InChI is InChI=1S/C26H31NO4/c1-19-7-5-8-21(15-19)18-31-26-22(9-6-10-24(26)29-3)17-27-14-13-20-11-12-23(28-2)25(16-20)30-4/h5-12,15-16,27H,13-14,17-18H2,1-4H3. The highest BCUT2D eigenvalue weighted by molar-refractivity contribution is 5.47. The lowest BCUT2D eigenvalue weighted by molar-refractivity contribution is 0.280. The first-order valence-electron chi connectivity index (χ1n) is 10.4. The van der Waals surface area contributed by atoms with Gasteiger partial charge in [0.15, 0.2) is 23.0 Å². The Balaban J connectivity index is 1.61. The molecule has 5 heteroatoms. The third-order valence-electron chi connectivity index (χ3n) is 5.10. The Hall–Kier alpha value is -3.18. The monoisotopic (exact) mass is 421 g/mol. The first-order valence-corrected chi connectivity index (χ1v) is 10.4. The average molecular weight is 422 g/mol. The van der Waals surface area contributed by atoms with Crippen LogP contribution in [0.3, 0.4) is 0 Å². The van der Waals surface area contributed by atoms with Crippen molar-refractivity contribution in [1.82, 2.24) is 5.32 Å². The highest BCUT2D eigenvalue weighted by Crippen LogP contribution is 2.32. The van der Waals surface area contributed by atoms with Crippen LogP contribution in [0.25, 0.3) is 0 Å². The van der Waals surface area contributed by atoms with E-state index in [9.17, 15) is 0 Å². The fourth-order valence-electron chi connectivity index (χ4n) is 3.47. The van der Waals surface area contributed by atoms with Crippen LogP contribution in [-0.2, 0) is 19.6 Å². The van der Waals surface area contributed by atoms with Gasteiger partial charge >= 0.3 is 0 Å². The Kier molecular flexibility index (Phi) is 8.19. The molecule has 0 heterocycles. The Labute approximate surface area is 184 Å². The zero-order valence-corrected chi connectivity index (χ0v) is 18.7. The van der Waals surface area contributed by atoms with Gasteiger partial charge in [0.2, 0.25) is 0 Å². The number of hydrogen-bond acceptors (Lipinski definition) is 5. The molecule has 0 aliphatic rings. The SMILES string of the molecule is COc1ccc(CCNCc2cccc(OC)c2OCc2cccc(C)c2)cc1OC. The number of ether oxygens (including phenoxy) is 4. The summed E-state index contributed by atoms with van der Waals surface area (Å²) < 4.78 is 22.4. The maximum absolute atomic E-state index is 6.18. The normalized spacial score (nSPS) is 10.6. The summed E-state index contributed by atoms with van der Waals surface area (Å²) in [7, 11) is 4.97. The first-order chi connectivity index (χ1) is 15.1. The molecule has 0 bridgehead atoms. The molecule has 0 aromatic heterocycles. The van der Waals surface area contributed by atoms with E-state index in [0.29, 0.717) is 13.2 Å². The summed E-state index contributed by atoms with van der Waals surface area (Å²) in [6, 6.07) is 20.3. The summed E-state index contributed by atoms with van der Waals surface area (Å²) in [5, 5.41) is 3.51. The Morgan fingerprint density at radius 3 is 2.26 bits per heavy atom. The molecular weight excluding hydrogens is 390 g/mol. The molecule has 5 nitrogen and oxygen atoms in total. The molecular formula is C26H31NO4. The molecule has 0 saturated heterocycles. The van der Waals surface area contributed by atoms with Crippen LogP contribution >= 0.6 is 0 Å². The van der Waals surface area contributed by atoms with E-state index in [1.54, 1.807) is 21.3 Å². The quantitative estimate of drug-likeness (QED) is 0.445. The fraction of sp³-hybridized carbons (Fsp3) is 0.308. The Morgan fingerprint density at radius 1 is 0.742 bits per heavy atom. The van der Waals surface area contributed by atoms with Crippen molar-refractivity contribution in [3.8, 4) is 23.0 Å². The molecule has 0 amide bonds. The molecule has 3 aromatic carbocycles. The predicted molar refractivity (Wildman–Crippen MR) is 123 cm³/mol. The molecule has 0 radical (unpaired) electrons. The molecule has 3 rings (SSSR count). The molecule has 1 N–H and O–H groups in total. The van der Waals surface area contributed by atoms with Crippen molar-refractivity contribution < 1.29 is 18.9 Å².